The van der Waals surface area contributed by atoms with E-state index in [4.69, 9.17) is 14.6 Å². The Bertz CT molecular complexity index is 2370. The van der Waals surface area contributed by atoms with Crippen LogP contribution in [0.3, 0.4) is 0 Å². The standard InChI is InChI=1S/C39H46F3N3O7S.C8H13BrO2.C8H14O3/c1-3-8-32-38(52-28-21-25(2)53-24-28,14-7-18-45(32)35(48)34-30(39(40,41)42)10-6-17-43-34)36(49)44-19-15-37(50,16-20-44)29-9-4-5-11-31(29)51-27-13-12-26(22-27)23-33(46)47;2*1-11-8(10)5-6-2-3-7(9)4-6/h4-6,9-11,17,21,24,26-27,32,50H,3,7-8,12-16,18-20,22-23H2,1-2H3,(H,46,47);6-7H,2-5H2,1H3;6-7,9H,2-5H2,1H3/t26-,27+,32+,38-;6-,7-;6-,7+/m000/s1. The number of hydrogen-bond donors (Lipinski definition) is 3. The number of aliphatic hydroxyl groups is 2. The molecule has 3 aliphatic carbocycles. The van der Waals surface area contributed by atoms with Crippen molar-refractivity contribution < 1.29 is 71.4 Å². The number of nitrogens with zero attached hydrogens (tertiary/aromatic N) is 3. The van der Waals surface area contributed by atoms with Crippen LogP contribution in [-0.2, 0) is 40.4 Å². The number of ether oxygens (including phenoxy) is 4. The number of pyridine rings is 1. The van der Waals surface area contributed by atoms with Crippen LogP contribution in [0.1, 0.15) is 149 Å². The topological polar surface area (TPSA) is 202 Å². The van der Waals surface area contributed by atoms with Gasteiger partial charge in [0.25, 0.3) is 11.8 Å². The lowest BCUT2D eigenvalue weighted by atomic mass is 9.78. The molecule has 75 heavy (non-hydrogen) atoms. The van der Waals surface area contributed by atoms with Crippen LogP contribution in [-0.4, -0.2) is 122 Å². The number of methoxy groups -OCH3 is 2. The number of esters is 2. The lowest BCUT2D eigenvalue weighted by Gasteiger charge is -2.51. The summed E-state index contributed by atoms with van der Waals surface area (Å²) in [6.07, 6.45) is 7.00. The SMILES string of the molecule is CCC[C@H]1N(C(=O)c2ncccc2C(F)(F)F)CCC[C@@]1(Oc1csc(C)c1)C(=O)N1CCC(O)(c2ccccc2O[C@@H]2CC[C@H](CC(=O)O)C2)CC1.COC(=O)C[C@H]1CC[C@@H](O)C1.COC(=O)C[C@H]1CC[C@H](Br)C1. The maximum absolute atomic E-state index is 15.0. The number of carbonyl (C=O) groups excluding carboxylic acids is 4. The summed E-state index contributed by atoms with van der Waals surface area (Å²) in [6.45, 7) is 4.24. The third kappa shape index (κ3) is 15.9. The molecule has 3 aromatic rings. The van der Waals surface area contributed by atoms with Crippen LogP contribution in [0.5, 0.6) is 11.5 Å². The number of para-hydroxylation sites is 1. The zero-order valence-electron chi connectivity index (χ0n) is 43.4. The molecule has 414 valence electrons. The Labute approximate surface area is 450 Å². The number of halogens is 4. The van der Waals surface area contributed by atoms with Crippen molar-refractivity contribution in [2.75, 3.05) is 33.9 Å². The third-order valence-corrected chi connectivity index (χ3v) is 16.9. The Morgan fingerprint density at radius 2 is 1.51 bits per heavy atom. The van der Waals surface area contributed by atoms with Gasteiger partial charge < -0.3 is 44.1 Å². The van der Waals surface area contributed by atoms with Crippen LogP contribution in [0.2, 0.25) is 0 Å². The molecule has 0 radical (unpaired) electrons. The zero-order chi connectivity index (χ0) is 54.5. The fourth-order valence-electron chi connectivity index (χ4n) is 11.4. The third-order valence-electron chi connectivity index (χ3n) is 15.2. The van der Waals surface area contributed by atoms with Gasteiger partial charge in [-0.3, -0.25) is 29.0 Å². The molecular weight excluding hydrogens is 1060 g/mol. The number of thiophene rings is 1. The van der Waals surface area contributed by atoms with Gasteiger partial charge in [-0.05, 0) is 132 Å². The first kappa shape index (κ1) is 59.5. The smallest absolute Gasteiger partial charge is 0.418 e. The summed E-state index contributed by atoms with van der Waals surface area (Å²) in [5.41, 5.74) is -4.17. The number of aliphatic hydroxyl groups excluding tert-OH is 1. The molecule has 3 saturated carbocycles. The normalized spacial score (nSPS) is 26.2. The van der Waals surface area contributed by atoms with Gasteiger partial charge in [-0.25, -0.2) is 0 Å². The molecule has 0 spiro atoms. The van der Waals surface area contributed by atoms with E-state index in [9.17, 15) is 47.4 Å². The second-order valence-corrected chi connectivity index (χ2v) is 23.1. The largest absolute Gasteiger partial charge is 0.490 e. The highest BCUT2D eigenvalue weighted by Gasteiger charge is 2.56. The number of piperidine rings is 2. The maximum atomic E-state index is 15.0. The molecule has 15 nitrogen and oxygen atoms in total. The van der Waals surface area contributed by atoms with Crippen LogP contribution < -0.4 is 9.47 Å². The number of hydrogen-bond acceptors (Lipinski definition) is 13. The van der Waals surface area contributed by atoms with E-state index in [-0.39, 0.29) is 81.3 Å². The van der Waals surface area contributed by atoms with E-state index in [2.05, 4.69) is 30.4 Å². The number of carboxylic acids is 1. The van der Waals surface area contributed by atoms with Gasteiger partial charge in [-0.1, -0.05) is 47.5 Å². The number of likely N-dealkylation sites (tertiary alicyclic amines) is 2. The molecule has 2 aliphatic heterocycles. The van der Waals surface area contributed by atoms with E-state index in [0.29, 0.717) is 72.3 Å². The Morgan fingerprint density at radius 1 is 0.853 bits per heavy atom. The average Bonchev–Trinajstić information content (AvgIpc) is 4.21. The van der Waals surface area contributed by atoms with Crippen LogP contribution in [0.15, 0.2) is 54.0 Å². The quantitative estimate of drug-likeness (QED) is 0.0959. The van der Waals surface area contributed by atoms with Crippen molar-refractivity contribution >= 4 is 57.0 Å². The molecular formula is C55H73BrF3N3O12S. The Hall–Kier alpha value is -4.79. The molecule has 8 atom stereocenters. The first-order valence-corrected chi connectivity index (χ1v) is 28.0. The molecule has 0 bridgehead atoms. The maximum Gasteiger partial charge on any atom is 0.418 e. The molecule has 5 fully saturated rings. The first-order valence-electron chi connectivity index (χ1n) is 26.2. The predicted octanol–water partition coefficient (Wildman–Crippen LogP) is 10.0. The number of aromatic nitrogens is 1. The van der Waals surface area contributed by atoms with Gasteiger partial charge in [0.15, 0.2) is 0 Å². The summed E-state index contributed by atoms with van der Waals surface area (Å²) in [7, 11) is 2.84. The van der Waals surface area contributed by atoms with Gasteiger partial charge in [-0.15, -0.1) is 11.3 Å². The molecule has 8 rings (SSSR count). The Kier molecular flexibility index (Phi) is 21.4. The van der Waals surface area contributed by atoms with Crippen molar-refractivity contribution in [1.29, 1.82) is 0 Å². The average molecular weight is 1140 g/mol. The molecule has 2 aromatic heterocycles. The highest BCUT2D eigenvalue weighted by Crippen LogP contribution is 2.44. The monoisotopic (exact) mass is 1140 g/mol. The highest BCUT2D eigenvalue weighted by molar-refractivity contribution is 9.09. The fraction of sp³-hybridized carbons (Fsp3) is 0.636. The molecule has 4 heterocycles. The zero-order valence-corrected chi connectivity index (χ0v) is 45.8. The number of carboxylic acid groups (broad SMARTS) is 1. The molecule has 0 unspecified atom stereocenters. The van der Waals surface area contributed by atoms with E-state index in [1.165, 1.54) is 36.9 Å². The Morgan fingerprint density at radius 3 is 2.09 bits per heavy atom. The number of benzene rings is 1. The number of alkyl halides is 4. The van der Waals surface area contributed by atoms with Crippen LogP contribution in [0.4, 0.5) is 13.2 Å². The number of aryl methyl sites for hydroxylation is 1. The van der Waals surface area contributed by atoms with Crippen LogP contribution in [0, 0.1) is 24.7 Å². The predicted molar refractivity (Wildman–Crippen MR) is 277 cm³/mol. The fourth-order valence-corrected chi connectivity index (χ4v) is 12.8. The van der Waals surface area contributed by atoms with Crippen LogP contribution >= 0.6 is 27.3 Å². The first-order chi connectivity index (χ1) is 35.7. The van der Waals surface area contributed by atoms with Crippen molar-refractivity contribution in [2.24, 2.45) is 17.8 Å². The van der Waals surface area contributed by atoms with Gasteiger partial charge in [0.1, 0.15) is 17.2 Å². The van der Waals surface area contributed by atoms with Gasteiger partial charge in [0.2, 0.25) is 5.60 Å². The summed E-state index contributed by atoms with van der Waals surface area (Å²) in [5, 5.41) is 32.2. The minimum absolute atomic E-state index is 0.0349. The molecule has 3 N–H and O–H groups in total. The van der Waals surface area contributed by atoms with Gasteiger partial charge >= 0.3 is 24.1 Å². The summed E-state index contributed by atoms with van der Waals surface area (Å²) >= 11 is 4.98. The summed E-state index contributed by atoms with van der Waals surface area (Å²) in [4.78, 5) is 70.3. The van der Waals surface area contributed by atoms with E-state index < -0.39 is 46.6 Å². The lowest BCUT2D eigenvalue weighted by Crippen LogP contribution is -2.68. The molecule has 20 heteroatoms. The van der Waals surface area contributed by atoms with Gasteiger partial charge in [0, 0.05) is 72.2 Å². The minimum atomic E-state index is -4.80. The Balaban J connectivity index is 0.000000341. The van der Waals surface area contributed by atoms with Crippen molar-refractivity contribution in [3.8, 4) is 11.5 Å². The van der Waals surface area contributed by atoms with Crippen molar-refractivity contribution in [3.05, 3.63) is 75.7 Å². The molecule has 2 saturated heterocycles. The molecule has 5 aliphatic rings. The van der Waals surface area contributed by atoms with Gasteiger partial charge in [-0.2, -0.15) is 13.2 Å². The summed E-state index contributed by atoms with van der Waals surface area (Å²) in [6, 6.07) is 10.2. The van der Waals surface area contributed by atoms with E-state index in [0.717, 1.165) is 68.2 Å². The van der Waals surface area contributed by atoms with E-state index in [1.54, 1.807) is 16.3 Å². The highest BCUT2D eigenvalue weighted by atomic mass is 79.9. The summed E-state index contributed by atoms with van der Waals surface area (Å²) in [5.74, 6) is -0.446. The second kappa shape index (κ2) is 27.0. The van der Waals surface area contributed by atoms with Gasteiger partial charge in [0.05, 0.1) is 43.6 Å². The number of aliphatic carboxylic acids is 1. The van der Waals surface area contributed by atoms with Crippen molar-refractivity contribution in [3.63, 3.8) is 0 Å². The number of rotatable bonds is 15. The second-order valence-electron chi connectivity index (χ2n) is 20.7. The number of amides is 2. The van der Waals surface area contributed by atoms with Crippen molar-refractivity contribution in [2.45, 2.75) is 170 Å². The molecule has 2 amide bonds. The van der Waals surface area contributed by atoms with E-state index >= 15 is 0 Å². The minimum Gasteiger partial charge on any atom is -0.490 e. The lowest BCUT2D eigenvalue weighted by molar-refractivity contribution is -0.163. The molecule has 1 aromatic carbocycles. The number of carbonyl (C=O) groups is 5. The summed E-state index contributed by atoms with van der Waals surface area (Å²) < 4.78 is 64.3. The van der Waals surface area contributed by atoms with Crippen LogP contribution in [0.25, 0.3) is 0 Å². The van der Waals surface area contributed by atoms with E-state index in [1.807, 2.05) is 38.1 Å². The van der Waals surface area contributed by atoms with Crippen molar-refractivity contribution in [1.82, 2.24) is 14.8 Å².